The van der Waals surface area contributed by atoms with Crippen molar-refractivity contribution in [2.45, 2.75) is 25.4 Å². The van der Waals surface area contributed by atoms with Crippen molar-refractivity contribution in [3.63, 3.8) is 0 Å². The van der Waals surface area contributed by atoms with Gasteiger partial charge < -0.3 is 0 Å². The summed E-state index contributed by atoms with van der Waals surface area (Å²) in [6, 6.07) is 11.3. The van der Waals surface area contributed by atoms with Crippen LogP contribution in [0.1, 0.15) is 11.1 Å². The fourth-order valence-corrected chi connectivity index (χ4v) is 5.60. The second-order valence-electron chi connectivity index (χ2n) is 7.99. The van der Waals surface area contributed by atoms with Gasteiger partial charge in [-0.1, -0.05) is 23.8 Å². The molecule has 1 aliphatic rings. The summed E-state index contributed by atoms with van der Waals surface area (Å²) in [5.41, 5.74) is 3.01. The summed E-state index contributed by atoms with van der Waals surface area (Å²) in [6.45, 7) is 6.05. The van der Waals surface area contributed by atoms with E-state index in [-0.39, 0.29) is 23.7 Å². The molecule has 2 heterocycles. The zero-order chi connectivity index (χ0) is 23.8. The molecule has 2 aromatic carbocycles. The number of benzene rings is 2. The number of nitro benzene ring substituents is 1. The summed E-state index contributed by atoms with van der Waals surface area (Å²) in [5, 5.41) is 15.4. The standard InChI is InChI=1S/C21H24N6O4S2/c1-16-6-7-20(17(2)12-16)25-14-22-26(21(25)32)15-23-8-10-24(11-9-23)33(30,31)19-5-3-4-18(13-19)27(28)29/h3-7,12-14H,8-11,15H2,1-2H3. The first kappa shape index (κ1) is 23.2. The van der Waals surface area contributed by atoms with Crippen LogP contribution < -0.4 is 0 Å². The summed E-state index contributed by atoms with van der Waals surface area (Å²) in [4.78, 5) is 12.4. The number of piperazine rings is 1. The van der Waals surface area contributed by atoms with Crippen molar-refractivity contribution >= 4 is 27.9 Å². The molecular formula is C21H24N6O4S2. The van der Waals surface area contributed by atoms with Crippen molar-refractivity contribution in [2.75, 3.05) is 26.2 Å². The lowest BCUT2D eigenvalue weighted by Crippen LogP contribution is -2.48. The van der Waals surface area contributed by atoms with Crippen molar-refractivity contribution in [3.05, 3.63) is 74.8 Å². The molecule has 174 valence electrons. The molecule has 0 aliphatic carbocycles. The van der Waals surface area contributed by atoms with Gasteiger partial charge in [-0.15, -0.1) is 0 Å². The van der Waals surface area contributed by atoms with E-state index in [1.807, 2.05) is 30.5 Å². The molecule has 1 aliphatic heterocycles. The molecule has 33 heavy (non-hydrogen) atoms. The van der Waals surface area contributed by atoms with Crippen LogP contribution in [-0.2, 0) is 16.7 Å². The van der Waals surface area contributed by atoms with Gasteiger partial charge in [0.15, 0.2) is 0 Å². The maximum absolute atomic E-state index is 12.9. The number of nitrogens with zero attached hydrogens (tertiary/aromatic N) is 6. The minimum Gasteiger partial charge on any atom is -0.282 e. The normalized spacial score (nSPS) is 15.6. The lowest BCUT2D eigenvalue weighted by Gasteiger charge is -2.33. The Balaban J connectivity index is 1.44. The molecule has 0 unspecified atom stereocenters. The van der Waals surface area contributed by atoms with Crippen molar-refractivity contribution in [1.82, 2.24) is 23.6 Å². The van der Waals surface area contributed by atoms with E-state index in [1.165, 1.54) is 28.1 Å². The Morgan fingerprint density at radius 3 is 2.48 bits per heavy atom. The Morgan fingerprint density at radius 1 is 1.09 bits per heavy atom. The Kier molecular flexibility index (Phi) is 6.43. The predicted molar refractivity (Wildman–Crippen MR) is 125 cm³/mol. The highest BCUT2D eigenvalue weighted by molar-refractivity contribution is 7.89. The lowest BCUT2D eigenvalue weighted by molar-refractivity contribution is -0.385. The highest BCUT2D eigenvalue weighted by Crippen LogP contribution is 2.22. The lowest BCUT2D eigenvalue weighted by atomic mass is 10.1. The number of nitro groups is 1. The predicted octanol–water partition coefficient (Wildman–Crippen LogP) is 2.89. The third-order valence-electron chi connectivity index (χ3n) is 5.68. The number of rotatable bonds is 6. The molecule has 1 saturated heterocycles. The maximum atomic E-state index is 12.9. The van der Waals surface area contributed by atoms with E-state index in [0.29, 0.717) is 24.5 Å². The minimum atomic E-state index is -3.81. The van der Waals surface area contributed by atoms with Crippen LogP contribution in [0.4, 0.5) is 5.69 Å². The molecule has 4 rings (SSSR count). The van der Waals surface area contributed by atoms with Crippen LogP contribution >= 0.6 is 12.2 Å². The highest BCUT2D eigenvalue weighted by atomic mass is 32.2. The quantitative estimate of drug-likeness (QED) is 0.298. The Hall–Kier alpha value is -2.93. The second kappa shape index (κ2) is 9.14. The third-order valence-corrected chi connectivity index (χ3v) is 7.98. The number of sulfonamides is 1. The molecule has 0 radical (unpaired) electrons. The van der Waals surface area contributed by atoms with Gasteiger partial charge in [-0.3, -0.25) is 19.6 Å². The van der Waals surface area contributed by atoms with Gasteiger partial charge in [0.05, 0.1) is 22.2 Å². The molecule has 12 heteroatoms. The number of aryl methyl sites for hydroxylation is 2. The summed E-state index contributed by atoms with van der Waals surface area (Å²) in [6.07, 6.45) is 1.70. The molecule has 3 aromatic rings. The Labute approximate surface area is 196 Å². The van der Waals surface area contributed by atoms with Gasteiger partial charge in [-0.05, 0) is 43.8 Å². The van der Waals surface area contributed by atoms with E-state index >= 15 is 0 Å². The Bertz CT molecular complexity index is 1360. The van der Waals surface area contributed by atoms with Gasteiger partial charge in [-0.25, -0.2) is 13.1 Å². The molecule has 0 N–H and O–H groups in total. The maximum Gasteiger partial charge on any atom is 0.270 e. The van der Waals surface area contributed by atoms with E-state index < -0.39 is 14.9 Å². The first-order valence-corrected chi connectivity index (χ1v) is 12.2. The van der Waals surface area contributed by atoms with Gasteiger partial charge in [0.2, 0.25) is 14.8 Å². The van der Waals surface area contributed by atoms with Crippen LogP contribution in [0.25, 0.3) is 5.69 Å². The van der Waals surface area contributed by atoms with Gasteiger partial charge in [0.25, 0.3) is 5.69 Å². The molecule has 0 saturated carbocycles. The smallest absolute Gasteiger partial charge is 0.270 e. The fourth-order valence-electron chi connectivity index (χ4n) is 3.88. The number of hydrogen-bond acceptors (Lipinski definition) is 7. The number of aromatic nitrogens is 3. The van der Waals surface area contributed by atoms with E-state index in [2.05, 4.69) is 16.1 Å². The monoisotopic (exact) mass is 488 g/mol. The Morgan fingerprint density at radius 2 is 1.82 bits per heavy atom. The second-order valence-corrected chi connectivity index (χ2v) is 10.3. The van der Waals surface area contributed by atoms with Crippen LogP contribution in [0, 0.1) is 28.7 Å². The fraction of sp³-hybridized carbons (Fsp3) is 0.333. The molecule has 0 atom stereocenters. The SMILES string of the molecule is Cc1ccc(-n2cnn(CN3CCN(S(=O)(=O)c4cccc([N+](=O)[O-])c4)CC3)c2=S)c(C)c1. The summed E-state index contributed by atoms with van der Waals surface area (Å²) in [5.74, 6) is 0. The van der Waals surface area contributed by atoms with Crippen molar-refractivity contribution < 1.29 is 13.3 Å². The zero-order valence-electron chi connectivity index (χ0n) is 18.3. The van der Waals surface area contributed by atoms with E-state index in [1.54, 1.807) is 11.0 Å². The van der Waals surface area contributed by atoms with Crippen molar-refractivity contribution in [1.29, 1.82) is 0 Å². The van der Waals surface area contributed by atoms with Crippen LogP contribution in [-0.4, -0.2) is 63.1 Å². The van der Waals surface area contributed by atoms with Gasteiger partial charge >= 0.3 is 0 Å². The molecule has 0 amide bonds. The van der Waals surface area contributed by atoms with Gasteiger partial charge in [0, 0.05) is 38.3 Å². The molecular weight excluding hydrogens is 464 g/mol. The average molecular weight is 489 g/mol. The molecule has 0 spiro atoms. The van der Waals surface area contributed by atoms with Crippen molar-refractivity contribution in [3.8, 4) is 5.69 Å². The summed E-state index contributed by atoms with van der Waals surface area (Å²) < 4.78 is 31.4. The van der Waals surface area contributed by atoms with Crippen molar-refractivity contribution in [2.24, 2.45) is 0 Å². The topological polar surface area (TPSA) is 107 Å². The van der Waals surface area contributed by atoms with Gasteiger partial charge in [0.1, 0.15) is 6.33 Å². The van der Waals surface area contributed by atoms with Crippen LogP contribution in [0.5, 0.6) is 0 Å². The van der Waals surface area contributed by atoms with Gasteiger partial charge in [-0.2, -0.15) is 9.40 Å². The molecule has 1 fully saturated rings. The third kappa shape index (κ3) is 4.74. The first-order chi connectivity index (χ1) is 15.7. The summed E-state index contributed by atoms with van der Waals surface area (Å²) >= 11 is 5.62. The molecule has 1 aromatic heterocycles. The largest absolute Gasteiger partial charge is 0.282 e. The number of hydrogen-bond donors (Lipinski definition) is 0. The van der Waals surface area contributed by atoms with Crippen LogP contribution in [0.15, 0.2) is 53.7 Å². The minimum absolute atomic E-state index is 0.0698. The van der Waals surface area contributed by atoms with E-state index in [0.717, 1.165) is 17.3 Å². The molecule has 10 nitrogen and oxygen atoms in total. The zero-order valence-corrected chi connectivity index (χ0v) is 19.9. The van der Waals surface area contributed by atoms with E-state index in [9.17, 15) is 18.5 Å². The number of non-ortho nitro benzene ring substituents is 1. The van der Waals surface area contributed by atoms with Crippen LogP contribution in [0.2, 0.25) is 0 Å². The summed E-state index contributed by atoms with van der Waals surface area (Å²) in [7, 11) is -3.81. The van der Waals surface area contributed by atoms with Crippen LogP contribution in [0.3, 0.4) is 0 Å². The first-order valence-electron chi connectivity index (χ1n) is 10.4. The van der Waals surface area contributed by atoms with E-state index in [4.69, 9.17) is 12.2 Å². The molecule has 0 bridgehead atoms. The highest BCUT2D eigenvalue weighted by Gasteiger charge is 2.29. The average Bonchev–Trinajstić information content (AvgIpc) is 3.14.